The van der Waals surface area contributed by atoms with Gasteiger partial charge in [0.25, 0.3) is 0 Å². The van der Waals surface area contributed by atoms with E-state index in [2.05, 4.69) is 0 Å². The van der Waals surface area contributed by atoms with Crippen LogP contribution in [0.15, 0.2) is 29.2 Å². The van der Waals surface area contributed by atoms with Crippen molar-refractivity contribution >= 4 is 16.0 Å². The van der Waals surface area contributed by atoms with Gasteiger partial charge in [0.1, 0.15) is 0 Å². The third-order valence-electron chi connectivity index (χ3n) is 3.49. The third kappa shape index (κ3) is 5.07. The fourth-order valence-electron chi connectivity index (χ4n) is 2.33. The van der Waals surface area contributed by atoms with Crippen LogP contribution in [0.5, 0.6) is 0 Å². The molecule has 1 aromatic rings. The molecule has 0 saturated carbocycles. The van der Waals surface area contributed by atoms with Crippen molar-refractivity contribution in [2.45, 2.75) is 37.0 Å². The minimum Gasteiger partial charge on any atom is -0.550 e. The van der Waals surface area contributed by atoms with Crippen molar-refractivity contribution in [2.24, 2.45) is 0 Å². The number of hydrogen-bond donors (Lipinski definition) is 0. The summed E-state index contributed by atoms with van der Waals surface area (Å²) in [5.41, 5.74) is 0.798. The summed E-state index contributed by atoms with van der Waals surface area (Å²) in [6, 6.07) is 6.43. The van der Waals surface area contributed by atoms with Crippen LogP contribution < -0.4 is 34.7 Å². The Morgan fingerprint density at radius 2 is 1.67 bits per heavy atom. The van der Waals surface area contributed by atoms with Crippen LogP contribution in [0.3, 0.4) is 0 Å². The van der Waals surface area contributed by atoms with Crippen molar-refractivity contribution in [1.82, 2.24) is 4.31 Å². The summed E-state index contributed by atoms with van der Waals surface area (Å²) < 4.78 is 26.3. The molecule has 21 heavy (non-hydrogen) atoms. The summed E-state index contributed by atoms with van der Waals surface area (Å²) in [6.07, 6.45) is 3.19. The van der Waals surface area contributed by atoms with E-state index in [1.54, 1.807) is 24.3 Å². The summed E-state index contributed by atoms with van der Waals surface area (Å²) in [5, 5.41) is 10.4. The van der Waals surface area contributed by atoms with E-state index in [-0.39, 0.29) is 40.9 Å². The first kappa shape index (κ1) is 18.6. The van der Waals surface area contributed by atoms with E-state index in [0.717, 1.165) is 24.8 Å². The van der Waals surface area contributed by atoms with Gasteiger partial charge in [0.05, 0.1) is 4.90 Å². The van der Waals surface area contributed by atoms with E-state index in [0.29, 0.717) is 19.5 Å². The Morgan fingerprint density at radius 1 is 1.10 bits per heavy atom. The molecule has 0 radical (unpaired) electrons. The van der Waals surface area contributed by atoms with E-state index in [9.17, 15) is 18.3 Å². The summed E-state index contributed by atoms with van der Waals surface area (Å²) in [6.45, 7) is 1.16. The van der Waals surface area contributed by atoms with Crippen molar-refractivity contribution in [3.05, 3.63) is 29.8 Å². The Balaban J connectivity index is 0.00000220. The van der Waals surface area contributed by atoms with Gasteiger partial charge in [-0.1, -0.05) is 18.6 Å². The van der Waals surface area contributed by atoms with Gasteiger partial charge in [-0.3, -0.25) is 0 Å². The molecule has 1 fully saturated rings. The molecule has 0 aromatic heterocycles. The second kappa shape index (κ2) is 8.29. The van der Waals surface area contributed by atoms with Crippen LogP contribution in [0.2, 0.25) is 0 Å². The Morgan fingerprint density at radius 3 is 2.19 bits per heavy atom. The third-order valence-corrected chi connectivity index (χ3v) is 5.41. The molecular formula is C14H18NNaO4S. The number of carbonyl (C=O) groups excluding carboxylic acids is 1. The van der Waals surface area contributed by atoms with E-state index < -0.39 is 16.0 Å². The van der Waals surface area contributed by atoms with Crippen LogP contribution in [0, 0.1) is 0 Å². The molecule has 2 rings (SSSR count). The average Bonchev–Trinajstić information content (AvgIpc) is 2.46. The number of aryl methyl sites for hydroxylation is 1. The topological polar surface area (TPSA) is 77.5 Å². The monoisotopic (exact) mass is 319 g/mol. The van der Waals surface area contributed by atoms with E-state index in [1.165, 1.54) is 4.31 Å². The Labute approximate surface area is 147 Å². The van der Waals surface area contributed by atoms with Gasteiger partial charge in [0.2, 0.25) is 10.0 Å². The van der Waals surface area contributed by atoms with Crippen LogP contribution in [-0.2, 0) is 21.2 Å². The number of hydrogen-bond acceptors (Lipinski definition) is 4. The van der Waals surface area contributed by atoms with Gasteiger partial charge in [0.15, 0.2) is 0 Å². The molecule has 110 valence electrons. The van der Waals surface area contributed by atoms with Crippen LogP contribution in [0.1, 0.15) is 31.2 Å². The molecule has 0 N–H and O–H groups in total. The Hall–Kier alpha value is -0.400. The van der Waals surface area contributed by atoms with Crippen molar-refractivity contribution in [1.29, 1.82) is 0 Å². The Bertz CT molecular complexity index is 565. The van der Waals surface area contributed by atoms with Crippen molar-refractivity contribution in [3.63, 3.8) is 0 Å². The number of rotatable bonds is 5. The number of carboxylic acids is 1. The maximum absolute atomic E-state index is 12.4. The Kier molecular flexibility index (Phi) is 7.36. The molecule has 0 spiro atoms. The number of aliphatic carboxylic acids is 1. The molecule has 1 aliphatic rings. The standard InChI is InChI=1S/C14H19NO4S.Na/c16-14(17)9-6-12-4-7-13(8-5-12)20(18,19)15-10-2-1-3-11-15;/h4-5,7-8H,1-3,6,9-11H2,(H,16,17);/q;+1/p-1. The minimum atomic E-state index is -3.41. The first-order chi connectivity index (χ1) is 9.50. The van der Waals surface area contributed by atoms with Crippen molar-refractivity contribution in [3.8, 4) is 0 Å². The maximum atomic E-state index is 12.4. The van der Waals surface area contributed by atoms with Crippen molar-refractivity contribution in [2.75, 3.05) is 13.1 Å². The van der Waals surface area contributed by atoms with Gasteiger partial charge in [-0.05, 0) is 43.4 Å². The minimum absolute atomic E-state index is 0. The predicted molar refractivity (Wildman–Crippen MR) is 72.4 cm³/mol. The zero-order valence-electron chi connectivity index (χ0n) is 12.2. The zero-order valence-corrected chi connectivity index (χ0v) is 15.1. The van der Waals surface area contributed by atoms with E-state index in [4.69, 9.17) is 0 Å². The predicted octanol–water partition coefficient (Wildman–Crippen LogP) is -2.45. The molecule has 0 aliphatic carbocycles. The second-order valence-electron chi connectivity index (χ2n) is 4.98. The number of benzene rings is 1. The molecule has 0 amide bonds. The molecule has 1 aromatic carbocycles. The van der Waals surface area contributed by atoms with Crippen LogP contribution in [0.4, 0.5) is 0 Å². The zero-order chi connectivity index (χ0) is 14.6. The normalized spacial score (nSPS) is 16.2. The number of sulfonamides is 1. The molecule has 1 heterocycles. The van der Waals surface area contributed by atoms with Crippen LogP contribution >= 0.6 is 0 Å². The SMILES string of the molecule is O=C([O-])CCc1ccc(S(=O)(=O)N2CCCCC2)cc1.[Na+]. The fraction of sp³-hybridized carbons (Fsp3) is 0.500. The average molecular weight is 319 g/mol. The van der Waals surface area contributed by atoms with Gasteiger partial charge in [0, 0.05) is 19.1 Å². The van der Waals surface area contributed by atoms with Gasteiger partial charge in [-0.25, -0.2) is 8.42 Å². The first-order valence-corrected chi connectivity index (χ1v) is 8.23. The molecule has 1 aliphatic heterocycles. The van der Waals surface area contributed by atoms with E-state index >= 15 is 0 Å². The molecule has 0 atom stereocenters. The number of carboxylic acid groups (broad SMARTS) is 1. The van der Waals surface area contributed by atoms with Crippen LogP contribution in [-0.4, -0.2) is 31.8 Å². The quantitative estimate of drug-likeness (QED) is 0.565. The van der Waals surface area contributed by atoms with E-state index in [1.807, 2.05) is 0 Å². The summed E-state index contributed by atoms with van der Waals surface area (Å²) in [5.74, 6) is -1.10. The van der Waals surface area contributed by atoms with Gasteiger partial charge in [-0.2, -0.15) is 4.31 Å². The summed E-state index contributed by atoms with van der Waals surface area (Å²) in [4.78, 5) is 10.7. The maximum Gasteiger partial charge on any atom is 1.00 e. The van der Waals surface area contributed by atoms with Gasteiger partial charge < -0.3 is 9.90 Å². The van der Waals surface area contributed by atoms with Crippen LogP contribution in [0.25, 0.3) is 0 Å². The first-order valence-electron chi connectivity index (χ1n) is 6.79. The number of nitrogens with zero attached hydrogens (tertiary/aromatic N) is 1. The second-order valence-corrected chi connectivity index (χ2v) is 6.92. The molecule has 5 nitrogen and oxygen atoms in total. The molecule has 7 heteroatoms. The van der Waals surface area contributed by atoms with Gasteiger partial charge in [-0.15, -0.1) is 0 Å². The smallest absolute Gasteiger partial charge is 0.550 e. The van der Waals surface area contributed by atoms with Crippen molar-refractivity contribution < 1.29 is 47.9 Å². The largest absolute Gasteiger partial charge is 1.00 e. The molecule has 0 unspecified atom stereocenters. The van der Waals surface area contributed by atoms with Gasteiger partial charge >= 0.3 is 29.6 Å². The molecule has 0 bridgehead atoms. The summed E-state index contributed by atoms with van der Waals surface area (Å²) >= 11 is 0. The summed E-state index contributed by atoms with van der Waals surface area (Å²) in [7, 11) is -3.41. The molecular weight excluding hydrogens is 301 g/mol. The fourth-order valence-corrected chi connectivity index (χ4v) is 3.85. The number of carbonyl (C=O) groups is 1. The number of piperidine rings is 1. The molecule has 1 saturated heterocycles.